The number of carboxylic acid groups (broad SMARTS) is 1. The van der Waals surface area contributed by atoms with E-state index in [4.69, 9.17) is 0 Å². The number of hydrogen-bond acceptors (Lipinski definition) is 2. The summed E-state index contributed by atoms with van der Waals surface area (Å²) < 4.78 is 0. The van der Waals surface area contributed by atoms with Crippen LogP contribution in [0.4, 0.5) is 0 Å². The molecule has 0 fully saturated rings. The minimum Gasteiger partial charge on any atom is -0.507 e. The second-order valence-electron chi connectivity index (χ2n) is 5.55. The molecule has 0 bridgehead atoms. The zero-order valence-electron chi connectivity index (χ0n) is 12.6. The Balaban J connectivity index is 2.66. The lowest BCUT2D eigenvalue weighted by molar-refractivity contribution is 0.0693. The third-order valence-corrected chi connectivity index (χ3v) is 4.29. The number of carboxylic acids is 1. The van der Waals surface area contributed by atoms with Gasteiger partial charge < -0.3 is 10.2 Å². The predicted molar refractivity (Wildman–Crippen MR) is 83.0 cm³/mol. The Morgan fingerprint density at radius 1 is 1.14 bits per heavy atom. The van der Waals surface area contributed by atoms with E-state index in [9.17, 15) is 15.0 Å². The van der Waals surface area contributed by atoms with E-state index in [1.54, 1.807) is 13.0 Å². The fraction of sp³-hybridized carbons (Fsp3) is 0.278. The van der Waals surface area contributed by atoms with Crippen LogP contribution in [0.1, 0.15) is 47.3 Å². The molecule has 2 N–H and O–H groups in total. The molecular weight excluding hydrogens is 264 g/mol. The van der Waals surface area contributed by atoms with Gasteiger partial charge >= 0.3 is 5.97 Å². The Kier molecular flexibility index (Phi) is 4.03. The highest BCUT2D eigenvalue weighted by Crippen LogP contribution is 2.38. The second kappa shape index (κ2) is 5.60. The molecule has 2 aromatic rings. The van der Waals surface area contributed by atoms with E-state index in [0.29, 0.717) is 5.56 Å². The average Bonchev–Trinajstić information content (AvgIpc) is 2.49. The molecule has 2 rings (SSSR count). The van der Waals surface area contributed by atoms with Crippen LogP contribution in [0, 0.1) is 6.92 Å². The molecule has 0 radical (unpaired) electrons. The Morgan fingerprint density at radius 3 is 2.29 bits per heavy atom. The van der Waals surface area contributed by atoms with Crippen molar-refractivity contribution in [3.63, 3.8) is 0 Å². The Labute approximate surface area is 124 Å². The first-order valence-electron chi connectivity index (χ1n) is 7.03. The molecule has 0 heterocycles. The van der Waals surface area contributed by atoms with Crippen LogP contribution in [0.2, 0.25) is 0 Å². The summed E-state index contributed by atoms with van der Waals surface area (Å²) in [6, 6.07) is 13.5. The SMILES string of the molecule is CCC(C)(c1ccccc1)c1cc(C)c(O)c(C(=O)O)c1. The third kappa shape index (κ3) is 2.64. The quantitative estimate of drug-likeness (QED) is 0.888. The first-order valence-corrected chi connectivity index (χ1v) is 7.03. The van der Waals surface area contributed by atoms with Gasteiger partial charge in [0.1, 0.15) is 11.3 Å². The second-order valence-corrected chi connectivity index (χ2v) is 5.55. The standard InChI is InChI=1S/C18H20O3/c1-4-18(3,13-8-6-5-7-9-13)14-10-12(2)16(19)15(11-14)17(20)21/h5-11,19H,4H2,1-3H3,(H,20,21). The lowest BCUT2D eigenvalue weighted by Gasteiger charge is -2.30. The molecule has 21 heavy (non-hydrogen) atoms. The smallest absolute Gasteiger partial charge is 0.339 e. The van der Waals surface area contributed by atoms with Gasteiger partial charge in [-0.2, -0.15) is 0 Å². The van der Waals surface area contributed by atoms with Crippen LogP contribution in [0.5, 0.6) is 5.75 Å². The molecule has 0 amide bonds. The summed E-state index contributed by atoms with van der Waals surface area (Å²) in [7, 11) is 0. The van der Waals surface area contributed by atoms with Crippen molar-refractivity contribution < 1.29 is 15.0 Å². The maximum Gasteiger partial charge on any atom is 0.339 e. The van der Waals surface area contributed by atoms with Crippen LogP contribution in [0.25, 0.3) is 0 Å². The van der Waals surface area contributed by atoms with Crippen LogP contribution >= 0.6 is 0 Å². The Bertz CT molecular complexity index is 662. The van der Waals surface area contributed by atoms with Crippen molar-refractivity contribution in [2.75, 3.05) is 0 Å². The van der Waals surface area contributed by atoms with Crippen LogP contribution in [-0.2, 0) is 5.41 Å². The highest BCUT2D eigenvalue weighted by Gasteiger charge is 2.29. The number of rotatable bonds is 4. The van der Waals surface area contributed by atoms with Gasteiger partial charge in [0, 0.05) is 5.41 Å². The van der Waals surface area contributed by atoms with Gasteiger partial charge in [0.15, 0.2) is 0 Å². The maximum absolute atomic E-state index is 11.3. The summed E-state index contributed by atoms with van der Waals surface area (Å²) in [5.74, 6) is -1.26. The lowest BCUT2D eigenvalue weighted by Crippen LogP contribution is -2.23. The maximum atomic E-state index is 11.3. The summed E-state index contributed by atoms with van der Waals surface area (Å²) in [4.78, 5) is 11.3. The molecule has 3 heteroatoms. The zero-order chi connectivity index (χ0) is 15.6. The first-order chi connectivity index (χ1) is 9.90. The van der Waals surface area contributed by atoms with E-state index in [1.807, 2.05) is 36.4 Å². The van der Waals surface area contributed by atoms with Crippen molar-refractivity contribution in [3.05, 3.63) is 64.7 Å². The summed E-state index contributed by atoms with van der Waals surface area (Å²) in [5.41, 5.74) is 2.29. The van der Waals surface area contributed by atoms with E-state index in [0.717, 1.165) is 17.5 Å². The fourth-order valence-electron chi connectivity index (χ4n) is 2.64. The molecule has 0 aromatic heterocycles. The number of aromatic hydroxyl groups is 1. The molecule has 0 aliphatic rings. The van der Waals surface area contributed by atoms with Crippen LogP contribution in [0.15, 0.2) is 42.5 Å². The number of phenols is 1. The summed E-state index contributed by atoms with van der Waals surface area (Å²) in [5, 5.41) is 19.2. The minimum atomic E-state index is -1.11. The molecule has 0 aliphatic heterocycles. The largest absolute Gasteiger partial charge is 0.507 e. The third-order valence-electron chi connectivity index (χ3n) is 4.29. The highest BCUT2D eigenvalue weighted by atomic mass is 16.4. The van der Waals surface area contributed by atoms with Crippen molar-refractivity contribution in [3.8, 4) is 5.75 Å². The van der Waals surface area contributed by atoms with Gasteiger partial charge in [-0.3, -0.25) is 0 Å². The monoisotopic (exact) mass is 284 g/mol. The van der Waals surface area contributed by atoms with E-state index in [-0.39, 0.29) is 16.7 Å². The fourth-order valence-corrected chi connectivity index (χ4v) is 2.64. The number of aromatic carboxylic acids is 1. The molecule has 1 unspecified atom stereocenters. The van der Waals surface area contributed by atoms with Crippen molar-refractivity contribution in [1.29, 1.82) is 0 Å². The topological polar surface area (TPSA) is 57.5 Å². The van der Waals surface area contributed by atoms with Crippen LogP contribution in [-0.4, -0.2) is 16.2 Å². The Hall–Kier alpha value is -2.29. The highest BCUT2D eigenvalue weighted by molar-refractivity contribution is 5.91. The lowest BCUT2D eigenvalue weighted by atomic mass is 9.73. The van der Waals surface area contributed by atoms with Gasteiger partial charge in [-0.15, -0.1) is 0 Å². The molecule has 0 aliphatic carbocycles. The summed E-state index contributed by atoms with van der Waals surface area (Å²) >= 11 is 0. The molecule has 1 atom stereocenters. The molecule has 3 nitrogen and oxygen atoms in total. The number of benzene rings is 2. The number of hydrogen-bond donors (Lipinski definition) is 2. The van der Waals surface area contributed by atoms with Gasteiger partial charge in [0.2, 0.25) is 0 Å². The molecule has 2 aromatic carbocycles. The van der Waals surface area contributed by atoms with Crippen molar-refractivity contribution in [2.45, 2.75) is 32.6 Å². The van der Waals surface area contributed by atoms with Crippen LogP contribution < -0.4 is 0 Å². The normalized spacial score (nSPS) is 13.7. The number of aryl methyl sites for hydroxylation is 1. The van der Waals surface area contributed by atoms with Gasteiger partial charge in [-0.1, -0.05) is 50.2 Å². The van der Waals surface area contributed by atoms with Gasteiger partial charge in [-0.25, -0.2) is 4.79 Å². The van der Waals surface area contributed by atoms with E-state index < -0.39 is 5.97 Å². The predicted octanol–water partition coefficient (Wildman–Crippen LogP) is 4.11. The van der Waals surface area contributed by atoms with E-state index >= 15 is 0 Å². The average molecular weight is 284 g/mol. The molecular formula is C18H20O3. The van der Waals surface area contributed by atoms with E-state index in [2.05, 4.69) is 13.8 Å². The van der Waals surface area contributed by atoms with Gasteiger partial charge in [-0.05, 0) is 36.1 Å². The molecule has 0 spiro atoms. The summed E-state index contributed by atoms with van der Waals surface area (Å²) in [6.07, 6.45) is 0.834. The Morgan fingerprint density at radius 2 is 1.76 bits per heavy atom. The number of carbonyl (C=O) groups is 1. The summed E-state index contributed by atoms with van der Waals surface area (Å²) in [6.45, 7) is 5.90. The van der Waals surface area contributed by atoms with Crippen molar-refractivity contribution in [2.24, 2.45) is 0 Å². The molecule has 0 saturated carbocycles. The van der Waals surface area contributed by atoms with Crippen LogP contribution in [0.3, 0.4) is 0 Å². The minimum absolute atomic E-state index is 0.0411. The zero-order valence-corrected chi connectivity index (χ0v) is 12.6. The van der Waals surface area contributed by atoms with Crippen molar-refractivity contribution >= 4 is 5.97 Å². The van der Waals surface area contributed by atoms with Gasteiger partial charge in [0.05, 0.1) is 0 Å². The van der Waals surface area contributed by atoms with Crippen molar-refractivity contribution in [1.82, 2.24) is 0 Å². The van der Waals surface area contributed by atoms with E-state index in [1.165, 1.54) is 0 Å². The first kappa shape index (κ1) is 15.1. The molecule has 110 valence electrons. The van der Waals surface area contributed by atoms with Gasteiger partial charge in [0.25, 0.3) is 0 Å². The molecule has 0 saturated heterocycles.